The molecule has 1 aromatic heterocycles. The Hall–Kier alpha value is -0.790. The molecule has 2 rings (SSSR count). The number of hydrogen-bond donors (Lipinski definition) is 0. The molecule has 2 heteroatoms. The summed E-state index contributed by atoms with van der Waals surface area (Å²) in [4.78, 5) is 0. The van der Waals surface area contributed by atoms with E-state index in [1.807, 2.05) is 0 Å². The van der Waals surface area contributed by atoms with Crippen LogP contribution in [0.3, 0.4) is 0 Å². The molecule has 0 aromatic carbocycles. The van der Waals surface area contributed by atoms with Gasteiger partial charge >= 0.3 is 0 Å². The second-order valence-electron chi connectivity index (χ2n) is 5.74. The monoisotopic (exact) mass is 193 g/mol. The lowest BCUT2D eigenvalue weighted by atomic mass is 9.68. The van der Waals surface area contributed by atoms with Crippen molar-refractivity contribution in [1.29, 1.82) is 0 Å². The lowest BCUT2D eigenvalue weighted by Gasteiger charge is -2.36. The molecule has 0 saturated heterocycles. The zero-order chi connectivity index (χ0) is 10.4. The predicted octanol–water partition coefficient (Wildman–Crippen LogP) is 3.41. The molecule has 1 heterocycles. The molecule has 0 amide bonds. The van der Waals surface area contributed by atoms with Gasteiger partial charge in [0.2, 0.25) is 0 Å². The second-order valence-corrected chi connectivity index (χ2v) is 5.74. The fourth-order valence-corrected chi connectivity index (χ4v) is 1.88. The molecule has 2 nitrogen and oxygen atoms in total. The Morgan fingerprint density at radius 2 is 2.00 bits per heavy atom. The van der Waals surface area contributed by atoms with Crippen molar-refractivity contribution in [2.24, 2.45) is 0 Å². The Kier molecular flexibility index (Phi) is 1.98. The average Bonchev–Trinajstić information content (AvgIpc) is 2.46. The standard InChI is InChI=1S/C12H19NO/c1-11(2,3)10-8-9(13-14-10)12(4)6-5-7-12/h8H,5-7H2,1-4H3. The van der Waals surface area contributed by atoms with Crippen molar-refractivity contribution < 1.29 is 4.52 Å². The van der Waals surface area contributed by atoms with Crippen molar-refractivity contribution >= 4 is 0 Å². The van der Waals surface area contributed by atoms with Crippen LogP contribution < -0.4 is 0 Å². The van der Waals surface area contributed by atoms with Gasteiger partial charge in [-0.3, -0.25) is 0 Å². The van der Waals surface area contributed by atoms with Crippen LogP contribution in [-0.2, 0) is 10.8 Å². The highest BCUT2D eigenvalue weighted by molar-refractivity contribution is 5.22. The zero-order valence-electron chi connectivity index (χ0n) is 9.55. The summed E-state index contributed by atoms with van der Waals surface area (Å²) in [6.45, 7) is 8.74. The maximum atomic E-state index is 5.40. The minimum atomic E-state index is 0.0748. The molecule has 0 bridgehead atoms. The van der Waals surface area contributed by atoms with Crippen molar-refractivity contribution in [3.05, 3.63) is 17.5 Å². The molecule has 14 heavy (non-hydrogen) atoms. The Morgan fingerprint density at radius 1 is 1.36 bits per heavy atom. The van der Waals surface area contributed by atoms with Crippen molar-refractivity contribution in [2.45, 2.75) is 57.8 Å². The van der Waals surface area contributed by atoms with E-state index in [1.54, 1.807) is 0 Å². The molecule has 1 aromatic rings. The highest BCUT2D eigenvalue weighted by Gasteiger charge is 2.37. The topological polar surface area (TPSA) is 26.0 Å². The third-order valence-corrected chi connectivity index (χ3v) is 3.32. The van der Waals surface area contributed by atoms with Gasteiger partial charge in [-0.25, -0.2) is 0 Å². The van der Waals surface area contributed by atoms with Gasteiger partial charge in [0.15, 0.2) is 0 Å². The zero-order valence-corrected chi connectivity index (χ0v) is 9.55. The van der Waals surface area contributed by atoms with Crippen LogP contribution in [0.4, 0.5) is 0 Å². The van der Waals surface area contributed by atoms with Gasteiger partial charge in [0.05, 0.1) is 5.69 Å². The smallest absolute Gasteiger partial charge is 0.142 e. The van der Waals surface area contributed by atoms with Crippen molar-refractivity contribution in [2.75, 3.05) is 0 Å². The lowest BCUT2D eigenvalue weighted by Crippen LogP contribution is -2.30. The van der Waals surface area contributed by atoms with Gasteiger partial charge in [-0.2, -0.15) is 0 Å². The SMILES string of the molecule is CC(C)(C)c1cc(C2(C)CCC2)no1. The Morgan fingerprint density at radius 3 is 2.36 bits per heavy atom. The van der Waals surface area contributed by atoms with Crippen LogP contribution in [0.5, 0.6) is 0 Å². The Balaban J connectivity index is 2.26. The number of nitrogens with zero attached hydrogens (tertiary/aromatic N) is 1. The molecule has 0 spiro atoms. The molecule has 0 aliphatic heterocycles. The van der Waals surface area contributed by atoms with Crippen molar-refractivity contribution in [3.63, 3.8) is 0 Å². The highest BCUT2D eigenvalue weighted by Crippen LogP contribution is 2.43. The number of hydrogen-bond acceptors (Lipinski definition) is 2. The van der Waals surface area contributed by atoms with Gasteiger partial charge in [0.1, 0.15) is 5.76 Å². The third-order valence-electron chi connectivity index (χ3n) is 3.32. The van der Waals surface area contributed by atoms with Crippen LogP contribution >= 0.6 is 0 Å². The quantitative estimate of drug-likeness (QED) is 0.683. The van der Waals surface area contributed by atoms with Crippen LogP contribution in [0.25, 0.3) is 0 Å². The normalized spacial score (nSPS) is 20.6. The van der Waals surface area contributed by atoms with E-state index in [0.29, 0.717) is 5.41 Å². The molecular weight excluding hydrogens is 174 g/mol. The molecular formula is C12H19NO. The van der Waals surface area contributed by atoms with Gasteiger partial charge in [0.25, 0.3) is 0 Å². The average molecular weight is 193 g/mol. The maximum absolute atomic E-state index is 5.40. The minimum Gasteiger partial charge on any atom is -0.361 e. The number of rotatable bonds is 1. The van der Waals surface area contributed by atoms with E-state index in [0.717, 1.165) is 11.5 Å². The van der Waals surface area contributed by atoms with Gasteiger partial charge in [-0.15, -0.1) is 0 Å². The van der Waals surface area contributed by atoms with Crippen molar-refractivity contribution in [1.82, 2.24) is 5.16 Å². The van der Waals surface area contributed by atoms with E-state index in [-0.39, 0.29) is 5.41 Å². The summed E-state index contributed by atoms with van der Waals surface area (Å²) in [6, 6.07) is 2.14. The van der Waals surface area contributed by atoms with Crippen LogP contribution in [0, 0.1) is 0 Å². The first-order valence-electron chi connectivity index (χ1n) is 5.39. The molecule has 1 fully saturated rings. The van der Waals surface area contributed by atoms with Gasteiger partial charge in [-0.05, 0) is 12.8 Å². The van der Waals surface area contributed by atoms with Crippen LogP contribution in [0.1, 0.15) is 58.4 Å². The summed E-state index contributed by atoms with van der Waals surface area (Å²) in [5.41, 5.74) is 1.52. The summed E-state index contributed by atoms with van der Waals surface area (Å²) >= 11 is 0. The fourth-order valence-electron chi connectivity index (χ4n) is 1.88. The Labute approximate surface area is 85.7 Å². The summed E-state index contributed by atoms with van der Waals surface area (Å²) in [5.74, 6) is 1.00. The van der Waals surface area contributed by atoms with Gasteiger partial charge in [0, 0.05) is 16.9 Å². The second kappa shape index (κ2) is 2.85. The summed E-state index contributed by atoms with van der Waals surface area (Å²) < 4.78 is 5.40. The van der Waals surface area contributed by atoms with Gasteiger partial charge in [-0.1, -0.05) is 39.3 Å². The minimum absolute atomic E-state index is 0.0748. The van der Waals surface area contributed by atoms with E-state index < -0.39 is 0 Å². The van der Waals surface area contributed by atoms with E-state index in [2.05, 4.69) is 38.9 Å². The first kappa shape index (κ1) is 9.75. The first-order valence-corrected chi connectivity index (χ1v) is 5.39. The third kappa shape index (κ3) is 1.47. The largest absolute Gasteiger partial charge is 0.361 e. The Bertz CT molecular complexity index is 328. The molecule has 1 aliphatic rings. The molecule has 1 saturated carbocycles. The summed E-state index contributed by atoms with van der Waals surface area (Å²) in [5, 5.41) is 4.20. The maximum Gasteiger partial charge on any atom is 0.142 e. The lowest BCUT2D eigenvalue weighted by molar-refractivity contribution is 0.245. The van der Waals surface area contributed by atoms with E-state index in [1.165, 1.54) is 19.3 Å². The molecule has 78 valence electrons. The molecule has 0 radical (unpaired) electrons. The van der Waals surface area contributed by atoms with Crippen LogP contribution in [0.2, 0.25) is 0 Å². The number of aromatic nitrogens is 1. The van der Waals surface area contributed by atoms with E-state index in [4.69, 9.17) is 4.52 Å². The molecule has 1 aliphatic carbocycles. The van der Waals surface area contributed by atoms with Crippen LogP contribution in [-0.4, -0.2) is 5.16 Å². The van der Waals surface area contributed by atoms with Crippen LogP contribution in [0.15, 0.2) is 10.6 Å². The van der Waals surface area contributed by atoms with E-state index >= 15 is 0 Å². The first-order chi connectivity index (χ1) is 6.42. The fraction of sp³-hybridized carbons (Fsp3) is 0.750. The van der Waals surface area contributed by atoms with Crippen molar-refractivity contribution in [3.8, 4) is 0 Å². The summed E-state index contributed by atoms with van der Waals surface area (Å²) in [6.07, 6.45) is 3.83. The summed E-state index contributed by atoms with van der Waals surface area (Å²) in [7, 11) is 0. The van der Waals surface area contributed by atoms with Gasteiger partial charge < -0.3 is 4.52 Å². The highest BCUT2D eigenvalue weighted by atomic mass is 16.5. The molecule has 0 N–H and O–H groups in total. The predicted molar refractivity (Wildman–Crippen MR) is 56.4 cm³/mol. The molecule has 0 unspecified atom stereocenters. The molecule has 0 atom stereocenters. The van der Waals surface area contributed by atoms with E-state index in [9.17, 15) is 0 Å².